The van der Waals surface area contributed by atoms with E-state index in [4.69, 9.17) is 9.97 Å². The van der Waals surface area contributed by atoms with E-state index in [1.54, 1.807) is 12.4 Å². The largest absolute Gasteiger partial charge is 0.309 e. The van der Waals surface area contributed by atoms with Crippen molar-refractivity contribution in [2.75, 3.05) is 0 Å². The van der Waals surface area contributed by atoms with Crippen molar-refractivity contribution in [3.63, 3.8) is 0 Å². The van der Waals surface area contributed by atoms with Gasteiger partial charge in [-0.3, -0.25) is 14.5 Å². The van der Waals surface area contributed by atoms with Crippen molar-refractivity contribution in [2.24, 2.45) is 0 Å². The lowest BCUT2D eigenvalue weighted by molar-refractivity contribution is 0.988. The van der Waals surface area contributed by atoms with Crippen LogP contribution in [0.25, 0.3) is 111 Å². The molecule has 0 bridgehead atoms. The average Bonchev–Trinajstić information content (AvgIpc) is 3.82. The molecule has 5 heterocycles. The molecule has 5 aromatic heterocycles. The maximum absolute atomic E-state index is 5.15. The van der Waals surface area contributed by atoms with Gasteiger partial charge in [0.15, 0.2) is 0 Å². The van der Waals surface area contributed by atoms with Gasteiger partial charge in [0.05, 0.1) is 44.8 Å². The van der Waals surface area contributed by atoms with Gasteiger partial charge in [-0.2, -0.15) is 0 Å². The van der Waals surface area contributed by atoms with Crippen molar-refractivity contribution in [3.05, 3.63) is 194 Å². The van der Waals surface area contributed by atoms with Crippen LogP contribution in [0.3, 0.4) is 0 Å². The zero-order valence-corrected chi connectivity index (χ0v) is 31.2. The quantitative estimate of drug-likeness (QED) is 0.159. The summed E-state index contributed by atoms with van der Waals surface area (Å²) in [5, 5.41) is 7.30. The zero-order valence-electron chi connectivity index (χ0n) is 31.2. The highest BCUT2D eigenvalue weighted by Crippen LogP contribution is 2.44. The number of aromatic nitrogens is 6. The van der Waals surface area contributed by atoms with Gasteiger partial charge in [0.1, 0.15) is 0 Å². The smallest absolute Gasteiger partial charge is 0.235 e. The van der Waals surface area contributed by atoms with Crippen molar-refractivity contribution in [1.29, 1.82) is 0 Å². The van der Waals surface area contributed by atoms with Gasteiger partial charge in [0.25, 0.3) is 0 Å². The first-order valence-corrected chi connectivity index (χ1v) is 19.5. The fourth-order valence-corrected chi connectivity index (χ4v) is 8.85. The maximum Gasteiger partial charge on any atom is 0.235 e. The molecule has 12 aromatic rings. The predicted octanol–water partition coefficient (Wildman–Crippen LogP) is 12.7. The van der Waals surface area contributed by atoms with Gasteiger partial charge < -0.3 is 4.57 Å². The van der Waals surface area contributed by atoms with E-state index in [0.29, 0.717) is 5.95 Å². The molecule has 0 atom stereocenters. The first-order chi connectivity index (χ1) is 28.8. The van der Waals surface area contributed by atoms with Crippen molar-refractivity contribution in [3.8, 4) is 56.7 Å². The van der Waals surface area contributed by atoms with Gasteiger partial charge in [-0.25, -0.2) is 9.97 Å². The number of benzene rings is 7. The molecule has 6 nitrogen and oxygen atoms in total. The Balaban J connectivity index is 1.06. The number of fused-ring (bicyclic) bond motifs is 3. The summed E-state index contributed by atoms with van der Waals surface area (Å²) in [6, 6.07) is 64.3. The molecule has 0 unspecified atom stereocenters. The van der Waals surface area contributed by atoms with E-state index in [-0.39, 0.29) is 0 Å². The normalized spacial score (nSPS) is 11.8. The minimum atomic E-state index is 0.568. The van der Waals surface area contributed by atoms with Crippen LogP contribution in [0.4, 0.5) is 0 Å². The monoisotopic (exact) mass is 740 g/mol. The van der Waals surface area contributed by atoms with E-state index in [0.717, 1.165) is 55.8 Å². The summed E-state index contributed by atoms with van der Waals surface area (Å²) in [6.45, 7) is 0. The molecule has 12 rings (SSSR count). The Morgan fingerprint density at radius 2 is 1.02 bits per heavy atom. The molecule has 0 saturated carbocycles. The Kier molecular flexibility index (Phi) is 7.13. The second-order valence-electron chi connectivity index (χ2n) is 14.7. The van der Waals surface area contributed by atoms with Gasteiger partial charge in [-0.05, 0) is 106 Å². The van der Waals surface area contributed by atoms with Crippen molar-refractivity contribution in [2.45, 2.75) is 0 Å². The highest BCUT2D eigenvalue weighted by atomic mass is 15.2. The summed E-state index contributed by atoms with van der Waals surface area (Å²) in [5.74, 6) is 0.568. The molecule has 0 amide bonds. The number of hydrogen-bond acceptors (Lipinski definition) is 4. The molecule has 0 spiro atoms. The highest BCUT2D eigenvalue weighted by molar-refractivity contribution is 6.27. The molecule has 0 radical (unpaired) electrons. The van der Waals surface area contributed by atoms with Crippen molar-refractivity contribution in [1.82, 2.24) is 29.1 Å². The van der Waals surface area contributed by atoms with Gasteiger partial charge >= 0.3 is 0 Å². The second kappa shape index (κ2) is 12.8. The lowest BCUT2D eigenvalue weighted by atomic mass is 9.94. The average molecular weight is 741 g/mol. The number of nitrogens with zero attached hydrogens (tertiary/aromatic N) is 6. The Morgan fingerprint density at radius 3 is 1.81 bits per heavy atom. The topological polar surface area (TPSA) is 61.4 Å². The summed E-state index contributed by atoms with van der Waals surface area (Å²) in [4.78, 5) is 19.6. The van der Waals surface area contributed by atoms with E-state index >= 15 is 0 Å². The molecule has 270 valence electrons. The van der Waals surface area contributed by atoms with Crippen LogP contribution in [0.5, 0.6) is 0 Å². The molecular formula is C52H32N6. The lowest BCUT2D eigenvalue weighted by Gasteiger charge is -2.12. The summed E-state index contributed by atoms with van der Waals surface area (Å²) in [6.07, 6.45) is 3.59. The number of pyridine rings is 2. The molecule has 0 aliphatic heterocycles. The molecular weight excluding hydrogens is 709 g/mol. The fourth-order valence-electron chi connectivity index (χ4n) is 8.85. The van der Waals surface area contributed by atoms with Gasteiger partial charge in [-0.1, -0.05) is 109 Å². The van der Waals surface area contributed by atoms with Crippen LogP contribution in [-0.2, 0) is 0 Å². The molecule has 6 heteroatoms. The Labute approximate surface area is 333 Å². The van der Waals surface area contributed by atoms with E-state index in [1.807, 2.05) is 42.5 Å². The first-order valence-electron chi connectivity index (χ1n) is 19.5. The molecule has 0 fully saturated rings. The predicted molar refractivity (Wildman–Crippen MR) is 237 cm³/mol. The van der Waals surface area contributed by atoms with E-state index in [2.05, 4.69) is 159 Å². The summed E-state index contributed by atoms with van der Waals surface area (Å²) in [7, 11) is 0. The Bertz CT molecular complexity index is 3440. The molecule has 58 heavy (non-hydrogen) atoms. The fraction of sp³-hybridized carbons (Fsp3) is 0. The summed E-state index contributed by atoms with van der Waals surface area (Å²) >= 11 is 0. The van der Waals surface area contributed by atoms with Gasteiger partial charge in [0, 0.05) is 39.6 Å². The maximum atomic E-state index is 5.15. The van der Waals surface area contributed by atoms with E-state index in [9.17, 15) is 0 Å². The van der Waals surface area contributed by atoms with Crippen LogP contribution < -0.4 is 0 Å². The third kappa shape index (κ3) is 4.98. The standard InChI is InChI=1S/C52H32N6/c1-2-12-33(13-3-1)35-15-10-16-37(30-35)57-48-21-11-14-34-22-24-40-38(25-27-49(57)51(40)50(34)48)36-23-26-47-41(31-36)39-17-4-5-20-46(39)58(47)52-55-44(42-18-6-8-28-53-42)32-45(56-52)43-19-7-9-29-54-43/h1-32H. The highest BCUT2D eigenvalue weighted by Gasteiger charge is 2.21. The molecule has 0 aliphatic rings. The number of para-hydroxylation sites is 1. The molecule has 0 saturated heterocycles. The van der Waals surface area contributed by atoms with Crippen LogP contribution in [0.2, 0.25) is 0 Å². The third-order valence-electron chi connectivity index (χ3n) is 11.4. The SMILES string of the molecule is c1ccc(-c2cccc(-n3c4cccc5ccc6c(-c7ccc8c(c7)c7ccccc7n8-c7nc(-c8ccccn8)cc(-c8ccccn8)n7)ccc3c6c54)c2)cc1. The molecule has 0 aliphatic carbocycles. The second-order valence-corrected chi connectivity index (χ2v) is 14.7. The van der Waals surface area contributed by atoms with Crippen molar-refractivity contribution < 1.29 is 0 Å². The molecule has 0 N–H and O–H groups in total. The molecule has 7 aromatic carbocycles. The van der Waals surface area contributed by atoms with Crippen LogP contribution in [0, 0.1) is 0 Å². The van der Waals surface area contributed by atoms with Crippen LogP contribution in [0.1, 0.15) is 0 Å². The first kappa shape index (κ1) is 32.3. The van der Waals surface area contributed by atoms with Gasteiger partial charge in [0.2, 0.25) is 5.95 Å². The van der Waals surface area contributed by atoms with E-state index in [1.165, 1.54) is 49.3 Å². The minimum absolute atomic E-state index is 0.568. The number of hydrogen-bond donors (Lipinski definition) is 0. The van der Waals surface area contributed by atoms with Crippen molar-refractivity contribution >= 4 is 54.4 Å². The zero-order chi connectivity index (χ0) is 38.2. The van der Waals surface area contributed by atoms with Crippen LogP contribution >= 0.6 is 0 Å². The van der Waals surface area contributed by atoms with Crippen LogP contribution in [-0.4, -0.2) is 29.1 Å². The summed E-state index contributed by atoms with van der Waals surface area (Å²) < 4.78 is 4.60. The van der Waals surface area contributed by atoms with Gasteiger partial charge in [-0.15, -0.1) is 0 Å². The summed E-state index contributed by atoms with van der Waals surface area (Å²) in [5.41, 5.74) is 13.4. The number of rotatable bonds is 6. The minimum Gasteiger partial charge on any atom is -0.309 e. The lowest BCUT2D eigenvalue weighted by Crippen LogP contribution is -2.04. The van der Waals surface area contributed by atoms with E-state index < -0.39 is 0 Å². The Hall–Kier alpha value is -7.96. The van der Waals surface area contributed by atoms with Crippen LogP contribution in [0.15, 0.2) is 194 Å². The Morgan fingerprint density at radius 1 is 0.345 bits per heavy atom. The third-order valence-corrected chi connectivity index (χ3v) is 11.4.